The number of carbonyl (C=O) groups is 2. The summed E-state index contributed by atoms with van der Waals surface area (Å²) >= 11 is 0. The predicted molar refractivity (Wildman–Crippen MR) is 86.2 cm³/mol. The Hall–Kier alpha value is -2.69. The van der Waals surface area contributed by atoms with Gasteiger partial charge in [-0.15, -0.1) is 0 Å². The first kappa shape index (κ1) is 15.2. The van der Waals surface area contributed by atoms with E-state index in [0.29, 0.717) is 0 Å². The third-order valence-corrected chi connectivity index (χ3v) is 4.13. The second-order valence-electron chi connectivity index (χ2n) is 5.69. The number of aliphatic carboxylic acids is 1. The van der Waals surface area contributed by atoms with E-state index in [1.54, 1.807) is 11.1 Å². The average molecular weight is 310 g/mol. The summed E-state index contributed by atoms with van der Waals surface area (Å²) in [5, 5.41) is 9.13. The SMILES string of the molecule is O=C(O)C1CC(=O)N(c2ccccc2CCc2ccccn2)C1. The van der Waals surface area contributed by atoms with Crippen LogP contribution in [0.15, 0.2) is 48.7 Å². The zero-order valence-electron chi connectivity index (χ0n) is 12.7. The lowest BCUT2D eigenvalue weighted by Gasteiger charge is -2.20. The Balaban J connectivity index is 1.78. The quantitative estimate of drug-likeness (QED) is 0.920. The molecule has 0 saturated carbocycles. The maximum absolute atomic E-state index is 12.2. The summed E-state index contributed by atoms with van der Waals surface area (Å²) in [5.74, 6) is -1.65. The van der Waals surface area contributed by atoms with Crippen LogP contribution in [0, 0.1) is 5.92 Å². The van der Waals surface area contributed by atoms with Crippen molar-refractivity contribution in [3.05, 3.63) is 59.9 Å². The topological polar surface area (TPSA) is 70.5 Å². The number of benzene rings is 1. The lowest BCUT2D eigenvalue weighted by molar-refractivity contribution is -0.141. The maximum Gasteiger partial charge on any atom is 0.308 e. The van der Waals surface area contributed by atoms with Gasteiger partial charge in [-0.05, 0) is 36.6 Å². The van der Waals surface area contributed by atoms with Gasteiger partial charge in [-0.2, -0.15) is 0 Å². The molecule has 0 bridgehead atoms. The largest absolute Gasteiger partial charge is 0.481 e. The minimum absolute atomic E-state index is 0.0733. The molecule has 1 saturated heterocycles. The maximum atomic E-state index is 12.2. The molecule has 1 unspecified atom stereocenters. The van der Waals surface area contributed by atoms with Crippen molar-refractivity contribution in [3.63, 3.8) is 0 Å². The second kappa shape index (κ2) is 6.60. The van der Waals surface area contributed by atoms with Gasteiger partial charge in [0.25, 0.3) is 0 Å². The van der Waals surface area contributed by atoms with E-state index in [1.807, 2.05) is 42.5 Å². The van der Waals surface area contributed by atoms with Crippen molar-refractivity contribution in [2.75, 3.05) is 11.4 Å². The number of carbonyl (C=O) groups excluding carboxylic acids is 1. The molecule has 1 atom stereocenters. The van der Waals surface area contributed by atoms with Crippen molar-refractivity contribution in [1.29, 1.82) is 0 Å². The van der Waals surface area contributed by atoms with Crippen LogP contribution in [0.5, 0.6) is 0 Å². The van der Waals surface area contributed by atoms with E-state index in [1.165, 1.54) is 0 Å². The summed E-state index contributed by atoms with van der Waals surface area (Å²) in [6, 6.07) is 13.5. The first-order valence-corrected chi connectivity index (χ1v) is 7.66. The lowest BCUT2D eigenvalue weighted by atomic mass is 10.0. The molecular weight excluding hydrogens is 292 g/mol. The number of hydrogen-bond acceptors (Lipinski definition) is 3. The number of aromatic nitrogens is 1. The van der Waals surface area contributed by atoms with Gasteiger partial charge < -0.3 is 10.0 Å². The van der Waals surface area contributed by atoms with Crippen LogP contribution in [0.25, 0.3) is 0 Å². The third-order valence-electron chi connectivity index (χ3n) is 4.13. The summed E-state index contributed by atoms with van der Waals surface area (Å²) in [4.78, 5) is 29.2. The Bertz CT molecular complexity index is 715. The molecule has 5 heteroatoms. The van der Waals surface area contributed by atoms with Crippen molar-refractivity contribution in [1.82, 2.24) is 4.98 Å². The van der Waals surface area contributed by atoms with Gasteiger partial charge in [0.05, 0.1) is 5.92 Å². The monoisotopic (exact) mass is 310 g/mol. The van der Waals surface area contributed by atoms with Gasteiger partial charge >= 0.3 is 5.97 Å². The van der Waals surface area contributed by atoms with Gasteiger partial charge in [0, 0.05) is 30.5 Å². The molecule has 1 aromatic carbocycles. The van der Waals surface area contributed by atoms with E-state index in [9.17, 15) is 9.59 Å². The number of para-hydroxylation sites is 1. The van der Waals surface area contributed by atoms with Crippen molar-refractivity contribution in [3.8, 4) is 0 Å². The van der Waals surface area contributed by atoms with Gasteiger partial charge in [-0.3, -0.25) is 14.6 Å². The van der Waals surface area contributed by atoms with Crippen LogP contribution in [0.1, 0.15) is 17.7 Å². The number of nitrogens with zero attached hydrogens (tertiary/aromatic N) is 2. The average Bonchev–Trinajstić information content (AvgIpc) is 2.96. The Morgan fingerprint density at radius 2 is 1.96 bits per heavy atom. The molecule has 0 aliphatic carbocycles. The van der Waals surface area contributed by atoms with Crippen LogP contribution in [0.3, 0.4) is 0 Å². The van der Waals surface area contributed by atoms with Crippen LogP contribution >= 0.6 is 0 Å². The van der Waals surface area contributed by atoms with E-state index in [-0.39, 0.29) is 18.9 Å². The van der Waals surface area contributed by atoms with E-state index in [0.717, 1.165) is 29.8 Å². The molecule has 3 rings (SSSR count). The summed E-state index contributed by atoms with van der Waals surface area (Å²) < 4.78 is 0. The Labute approximate surface area is 134 Å². The number of pyridine rings is 1. The van der Waals surface area contributed by atoms with Crippen LogP contribution in [-0.4, -0.2) is 28.5 Å². The summed E-state index contributed by atoms with van der Waals surface area (Å²) in [5.41, 5.74) is 2.85. The molecule has 0 radical (unpaired) electrons. The van der Waals surface area contributed by atoms with E-state index < -0.39 is 11.9 Å². The van der Waals surface area contributed by atoms with Crippen molar-refractivity contribution in [2.24, 2.45) is 5.92 Å². The molecule has 1 aliphatic heterocycles. The third kappa shape index (κ3) is 3.39. The summed E-state index contributed by atoms with van der Waals surface area (Å²) in [6.07, 6.45) is 3.38. The lowest BCUT2D eigenvalue weighted by Crippen LogP contribution is -2.26. The molecule has 1 N–H and O–H groups in total. The minimum atomic E-state index is -0.910. The number of anilines is 1. The molecule has 118 valence electrons. The molecule has 1 amide bonds. The van der Waals surface area contributed by atoms with Gasteiger partial charge in [-0.25, -0.2) is 0 Å². The highest BCUT2D eigenvalue weighted by molar-refractivity contribution is 5.99. The highest BCUT2D eigenvalue weighted by Crippen LogP contribution is 2.29. The fourth-order valence-corrected chi connectivity index (χ4v) is 2.90. The van der Waals surface area contributed by atoms with Gasteiger partial charge in [0.2, 0.25) is 5.91 Å². The fourth-order valence-electron chi connectivity index (χ4n) is 2.90. The standard InChI is InChI=1S/C18H18N2O3/c21-17-11-14(18(22)23)12-20(17)16-7-2-1-5-13(16)8-9-15-6-3-4-10-19-15/h1-7,10,14H,8-9,11-12H2,(H,22,23). The Kier molecular flexibility index (Phi) is 4.37. The van der Waals surface area contributed by atoms with Gasteiger partial charge in [0.15, 0.2) is 0 Å². The molecule has 2 aromatic rings. The number of amides is 1. The molecule has 0 spiro atoms. The molecule has 1 aromatic heterocycles. The second-order valence-corrected chi connectivity index (χ2v) is 5.69. The first-order chi connectivity index (χ1) is 11.1. The number of carboxylic acids is 1. The zero-order chi connectivity index (χ0) is 16.2. The summed E-state index contributed by atoms with van der Waals surface area (Å²) in [6.45, 7) is 0.245. The highest BCUT2D eigenvalue weighted by Gasteiger charge is 2.35. The molecule has 1 fully saturated rings. The molecule has 2 heterocycles. The molecular formula is C18H18N2O3. The smallest absolute Gasteiger partial charge is 0.308 e. The molecule has 1 aliphatic rings. The zero-order valence-corrected chi connectivity index (χ0v) is 12.7. The normalized spacial score (nSPS) is 17.5. The van der Waals surface area contributed by atoms with Gasteiger partial charge in [-0.1, -0.05) is 24.3 Å². The number of carboxylic acid groups (broad SMARTS) is 1. The Morgan fingerprint density at radius 1 is 1.17 bits per heavy atom. The Morgan fingerprint density at radius 3 is 2.65 bits per heavy atom. The minimum Gasteiger partial charge on any atom is -0.481 e. The number of rotatable bonds is 5. The van der Waals surface area contributed by atoms with Gasteiger partial charge in [0.1, 0.15) is 0 Å². The van der Waals surface area contributed by atoms with Crippen LogP contribution < -0.4 is 4.90 Å². The van der Waals surface area contributed by atoms with Crippen LogP contribution in [0.2, 0.25) is 0 Å². The summed E-state index contributed by atoms with van der Waals surface area (Å²) in [7, 11) is 0. The van der Waals surface area contributed by atoms with Crippen molar-refractivity contribution >= 4 is 17.6 Å². The van der Waals surface area contributed by atoms with E-state index >= 15 is 0 Å². The van der Waals surface area contributed by atoms with E-state index in [4.69, 9.17) is 5.11 Å². The van der Waals surface area contributed by atoms with Crippen LogP contribution in [0.4, 0.5) is 5.69 Å². The fraction of sp³-hybridized carbons (Fsp3) is 0.278. The van der Waals surface area contributed by atoms with E-state index in [2.05, 4.69) is 4.98 Å². The highest BCUT2D eigenvalue weighted by atomic mass is 16.4. The van der Waals surface area contributed by atoms with Crippen molar-refractivity contribution in [2.45, 2.75) is 19.3 Å². The van der Waals surface area contributed by atoms with Crippen LogP contribution in [-0.2, 0) is 22.4 Å². The number of aryl methyl sites for hydroxylation is 2. The first-order valence-electron chi connectivity index (χ1n) is 7.66. The molecule has 5 nitrogen and oxygen atoms in total. The number of hydrogen-bond donors (Lipinski definition) is 1. The predicted octanol–water partition coefficient (Wildman–Crippen LogP) is 2.30. The molecule has 23 heavy (non-hydrogen) atoms. The van der Waals surface area contributed by atoms with Crippen molar-refractivity contribution < 1.29 is 14.7 Å².